The number of rotatable bonds is 9. The topological polar surface area (TPSA) is 173 Å². The number of benzene rings is 3. The number of imidazole rings is 1. The van der Waals surface area contributed by atoms with E-state index in [1.54, 1.807) is 36.4 Å². The molecular weight excluding hydrogens is 546 g/mol. The normalized spacial score (nSPS) is 18.3. The van der Waals surface area contributed by atoms with Gasteiger partial charge in [0, 0.05) is 0 Å². The Bertz CT molecular complexity index is 1670. The first-order valence-electron chi connectivity index (χ1n) is 12.9. The highest BCUT2D eigenvalue weighted by Gasteiger charge is 2.44. The minimum atomic E-state index is -3.78. The molecule has 1 aromatic heterocycles. The Labute approximate surface area is 236 Å². The number of aromatic nitrogens is 2. The molecule has 212 valence electrons. The summed E-state index contributed by atoms with van der Waals surface area (Å²) < 4.78 is 26.6. The number of nitrogens with zero attached hydrogens (tertiary/aromatic N) is 1. The first-order chi connectivity index (χ1) is 19.6. The monoisotopic (exact) mass is 575 g/mol. The predicted octanol–water partition coefficient (Wildman–Crippen LogP) is 2.52. The van der Waals surface area contributed by atoms with Crippen molar-refractivity contribution in [1.29, 1.82) is 0 Å². The van der Waals surface area contributed by atoms with E-state index in [0.717, 1.165) is 16.6 Å². The zero-order valence-electron chi connectivity index (χ0n) is 22.2. The van der Waals surface area contributed by atoms with E-state index in [4.69, 9.17) is 5.90 Å². The van der Waals surface area contributed by atoms with Crippen molar-refractivity contribution >= 4 is 38.8 Å². The third kappa shape index (κ3) is 5.83. The van der Waals surface area contributed by atoms with E-state index in [2.05, 4.69) is 20.1 Å². The van der Waals surface area contributed by atoms with E-state index in [1.165, 1.54) is 6.92 Å². The van der Waals surface area contributed by atoms with Gasteiger partial charge >= 0.3 is 5.97 Å². The summed E-state index contributed by atoms with van der Waals surface area (Å²) >= 11 is 0. The predicted molar refractivity (Wildman–Crippen MR) is 150 cm³/mol. The molecule has 4 aromatic rings. The lowest BCUT2D eigenvalue weighted by Gasteiger charge is -2.28. The lowest BCUT2D eigenvalue weighted by Crippen LogP contribution is -2.49. The second-order valence-corrected chi connectivity index (χ2v) is 12.1. The maximum Gasteiger partial charge on any atom is 0.340 e. The molecule has 0 radical (unpaired) electrons. The van der Waals surface area contributed by atoms with Crippen LogP contribution in [-0.2, 0) is 42.1 Å². The Morgan fingerprint density at radius 3 is 2.37 bits per heavy atom. The van der Waals surface area contributed by atoms with Gasteiger partial charge in [-0.05, 0) is 48.6 Å². The quantitative estimate of drug-likeness (QED) is 0.174. The molecule has 1 aliphatic heterocycles. The number of H-pyrrole nitrogens is 1. The zero-order chi connectivity index (χ0) is 29.2. The van der Waals surface area contributed by atoms with Crippen molar-refractivity contribution in [3.05, 3.63) is 101 Å². The number of aromatic amines is 1. The van der Waals surface area contributed by atoms with Crippen LogP contribution in [0.5, 0.6) is 0 Å². The first kappa shape index (κ1) is 28.0. The van der Waals surface area contributed by atoms with Crippen molar-refractivity contribution in [2.75, 3.05) is 0 Å². The molecule has 12 heteroatoms. The van der Waals surface area contributed by atoms with Gasteiger partial charge in [0.2, 0.25) is 21.8 Å². The van der Waals surface area contributed by atoms with Gasteiger partial charge in [-0.1, -0.05) is 66.7 Å². The summed E-state index contributed by atoms with van der Waals surface area (Å²) in [5.41, 5.74) is 1.84. The fourth-order valence-electron chi connectivity index (χ4n) is 5.00. The summed E-state index contributed by atoms with van der Waals surface area (Å²) in [6, 6.07) is 22.6. The molecule has 2 heterocycles. The fraction of sp³-hybridized carbons (Fsp3) is 0.241. The molecule has 5 rings (SSSR count). The molecule has 0 bridgehead atoms. The van der Waals surface area contributed by atoms with E-state index in [9.17, 15) is 22.8 Å². The summed E-state index contributed by atoms with van der Waals surface area (Å²) in [7, 11) is -3.78. The van der Waals surface area contributed by atoms with Gasteiger partial charge in [-0.15, -0.1) is 0 Å². The molecule has 1 unspecified atom stereocenters. The number of carbonyl (C=O) groups excluding carboxylic acids is 3. The molecule has 0 aliphatic carbocycles. The van der Waals surface area contributed by atoms with Crippen LogP contribution in [0.3, 0.4) is 0 Å². The molecule has 1 saturated heterocycles. The third-order valence-electron chi connectivity index (χ3n) is 7.30. The summed E-state index contributed by atoms with van der Waals surface area (Å²) in [5, 5.41) is 2.01. The number of amides is 2. The number of sulfonamides is 1. The van der Waals surface area contributed by atoms with E-state index < -0.39 is 44.5 Å². The van der Waals surface area contributed by atoms with Crippen LogP contribution in [0.4, 0.5) is 0 Å². The van der Waals surface area contributed by atoms with E-state index in [1.807, 2.05) is 47.2 Å². The molecule has 2 amide bonds. The largest absolute Gasteiger partial charge is 0.372 e. The van der Waals surface area contributed by atoms with Crippen LogP contribution >= 0.6 is 0 Å². The third-order valence-corrected chi connectivity index (χ3v) is 9.00. The van der Waals surface area contributed by atoms with Crippen LogP contribution in [0, 0.1) is 5.41 Å². The standard InChI is InChI=1S/C29H29N5O6S/c1-29(28(37)40-30,17-19-7-3-2-4-8-19)27(36)33-23(26-31-21-9-5-6-10-22(21)32-26)15-18-11-13-20(14-12-18)24-16-25(35)34-41(24,38)39/h2-14,23-24H,15-17,30H2,1H3,(H,31,32)(H,33,36)(H,34,35)/t23-,24?,29-/m0/s1. The summed E-state index contributed by atoms with van der Waals surface area (Å²) in [5.74, 6) is 3.70. The molecule has 41 heavy (non-hydrogen) atoms. The van der Waals surface area contributed by atoms with Gasteiger partial charge in [0.25, 0.3) is 0 Å². The SMILES string of the molecule is C[C@](Cc1ccccc1)(C(=O)N[C@@H](Cc1ccc(C2CC(=O)NS2(=O)=O)cc1)c1nc2ccccc2[nH]1)C(=O)ON. The fourth-order valence-corrected chi connectivity index (χ4v) is 6.43. The molecule has 11 nitrogen and oxygen atoms in total. The van der Waals surface area contributed by atoms with Crippen molar-refractivity contribution in [2.45, 2.75) is 37.5 Å². The summed E-state index contributed by atoms with van der Waals surface area (Å²) in [6.07, 6.45) is 0.177. The molecule has 3 atom stereocenters. The van der Waals surface area contributed by atoms with Crippen LogP contribution in [0.15, 0.2) is 78.9 Å². The molecule has 0 spiro atoms. The number of hydrogen-bond acceptors (Lipinski definition) is 8. The summed E-state index contributed by atoms with van der Waals surface area (Å²) in [6.45, 7) is 1.48. The van der Waals surface area contributed by atoms with Gasteiger partial charge in [-0.25, -0.2) is 18.2 Å². The number of fused-ring (bicyclic) bond motifs is 1. The number of nitrogens with one attached hydrogen (secondary N) is 3. The zero-order valence-corrected chi connectivity index (χ0v) is 23.0. The van der Waals surface area contributed by atoms with Crippen LogP contribution in [0.25, 0.3) is 11.0 Å². The Hall–Kier alpha value is -4.55. The number of nitrogens with two attached hydrogens (primary N) is 1. The van der Waals surface area contributed by atoms with Crippen molar-refractivity contribution in [3.8, 4) is 0 Å². The maximum absolute atomic E-state index is 13.8. The van der Waals surface area contributed by atoms with Crippen LogP contribution in [0.1, 0.15) is 47.2 Å². The Kier molecular flexibility index (Phi) is 7.61. The lowest BCUT2D eigenvalue weighted by atomic mass is 9.82. The van der Waals surface area contributed by atoms with Crippen LogP contribution in [-0.4, -0.2) is 36.2 Å². The van der Waals surface area contributed by atoms with Gasteiger partial charge in [-0.2, -0.15) is 5.90 Å². The van der Waals surface area contributed by atoms with E-state index in [0.29, 0.717) is 16.9 Å². The average molecular weight is 576 g/mol. The van der Waals surface area contributed by atoms with Crippen molar-refractivity contribution < 1.29 is 27.6 Å². The van der Waals surface area contributed by atoms with Gasteiger partial charge in [0.15, 0.2) is 0 Å². The molecule has 1 fully saturated rings. The summed E-state index contributed by atoms with van der Waals surface area (Å²) in [4.78, 5) is 50.7. The van der Waals surface area contributed by atoms with Crippen LogP contribution < -0.4 is 15.9 Å². The number of hydrogen-bond donors (Lipinski definition) is 4. The van der Waals surface area contributed by atoms with Gasteiger partial charge in [-0.3, -0.25) is 14.3 Å². The average Bonchev–Trinajstić information content (AvgIpc) is 3.52. The van der Waals surface area contributed by atoms with Crippen molar-refractivity contribution in [1.82, 2.24) is 20.0 Å². The first-order valence-corrected chi connectivity index (χ1v) is 14.5. The number of carbonyl (C=O) groups is 3. The van der Waals surface area contributed by atoms with Gasteiger partial charge in [0.1, 0.15) is 16.5 Å². The Morgan fingerprint density at radius 1 is 1.05 bits per heavy atom. The van der Waals surface area contributed by atoms with E-state index >= 15 is 0 Å². The molecule has 3 aromatic carbocycles. The highest BCUT2D eigenvalue weighted by molar-refractivity contribution is 7.90. The van der Waals surface area contributed by atoms with Crippen LogP contribution in [0.2, 0.25) is 0 Å². The maximum atomic E-state index is 13.8. The van der Waals surface area contributed by atoms with Crippen molar-refractivity contribution in [2.24, 2.45) is 11.3 Å². The van der Waals surface area contributed by atoms with E-state index in [-0.39, 0.29) is 19.3 Å². The highest BCUT2D eigenvalue weighted by Crippen LogP contribution is 2.31. The second-order valence-electron chi connectivity index (χ2n) is 10.3. The highest BCUT2D eigenvalue weighted by atomic mass is 32.2. The molecule has 0 saturated carbocycles. The Morgan fingerprint density at radius 2 is 1.73 bits per heavy atom. The van der Waals surface area contributed by atoms with Crippen molar-refractivity contribution in [3.63, 3.8) is 0 Å². The van der Waals surface area contributed by atoms with Gasteiger partial charge < -0.3 is 15.1 Å². The molecular formula is C29H29N5O6S. The smallest absolute Gasteiger partial charge is 0.340 e. The minimum absolute atomic E-state index is 0.0554. The second kappa shape index (κ2) is 11.1. The van der Waals surface area contributed by atoms with Gasteiger partial charge in [0.05, 0.1) is 23.5 Å². The Balaban J connectivity index is 1.45. The minimum Gasteiger partial charge on any atom is -0.372 e. The molecule has 1 aliphatic rings. The molecule has 5 N–H and O–H groups in total. The number of para-hydroxylation sites is 2. The lowest BCUT2D eigenvalue weighted by molar-refractivity contribution is -0.161.